The van der Waals surface area contributed by atoms with Gasteiger partial charge in [0.1, 0.15) is 12.2 Å². The third-order valence-electron chi connectivity index (χ3n) is 4.39. The van der Waals surface area contributed by atoms with Gasteiger partial charge in [0.2, 0.25) is 0 Å². The van der Waals surface area contributed by atoms with Crippen LogP contribution in [0, 0.1) is 0 Å². The molecule has 0 radical (unpaired) electrons. The smallest absolute Gasteiger partial charge is 0.151 e. The van der Waals surface area contributed by atoms with Crippen molar-refractivity contribution in [2.45, 2.75) is 38.6 Å². The molecule has 0 aliphatic heterocycles. The van der Waals surface area contributed by atoms with Gasteiger partial charge in [-0.25, -0.2) is 0 Å². The van der Waals surface area contributed by atoms with Gasteiger partial charge >= 0.3 is 0 Å². The van der Waals surface area contributed by atoms with Crippen molar-refractivity contribution in [1.82, 2.24) is 0 Å². The fourth-order valence-electron chi connectivity index (χ4n) is 2.70. The van der Waals surface area contributed by atoms with E-state index in [1.165, 1.54) is 13.8 Å². The van der Waals surface area contributed by atoms with Crippen molar-refractivity contribution >= 4 is 0 Å². The van der Waals surface area contributed by atoms with Crippen LogP contribution in [-0.2, 0) is 47.4 Å². The van der Waals surface area contributed by atoms with Gasteiger partial charge in [-0.2, -0.15) is 0 Å². The maximum Gasteiger partial charge on any atom is 0.151 e. The van der Waals surface area contributed by atoms with Gasteiger partial charge in [-0.1, -0.05) is 0 Å². The first-order valence-corrected chi connectivity index (χ1v) is 13.0. The number of aliphatic hydroxyl groups is 4. The first kappa shape index (κ1) is 37.4. The quantitative estimate of drug-likeness (QED) is 0.0571. The Morgan fingerprint density at radius 2 is 0.684 bits per heavy atom. The molecule has 0 bridgehead atoms. The Hall–Kier alpha value is -0.560. The zero-order valence-electron chi connectivity index (χ0n) is 22.9. The fourth-order valence-corrected chi connectivity index (χ4v) is 2.70. The molecule has 0 fully saturated rings. The van der Waals surface area contributed by atoms with E-state index < -0.39 is 12.6 Å². The standard InChI is InChI=1S/C24H50O14/c1-21(27)35-13-11-33-19-24(20-34-12-14-36-22(2)28)38-16-15-37-23(17-31-9-7-29-5-3-25)18-32-10-8-30-6-4-26/h21-28H,3-20H2,1-2H3. The molecule has 230 valence electrons. The summed E-state index contributed by atoms with van der Waals surface area (Å²) in [6, 6.07) is 0. The second-order valence-corrected chi connectivity index (χ2v) is 7.90. The molecule has 14 nitrogen and oxygen atoms in total. The normalized spacial score (nSPS) is 14.3. The van der Waals surface area contributed by atoms with Gasteiger partial charge in [0.15, 0.2) is 12.6 Å². The summed E-state index contributed by atoms with van der Waals surface area (Å²) in [5.74, 6) is 0. The first-order valence-electron chi connectivity index (χ1n) is 13.0. The Bertz CT molecular complexity index is 424. The number of aliphatic hydroxyl groups excluding tert-OH is 4. The van der Waals surface area contributed by atoms with Gasteiger partial charge in [0.05, 0.1) is 119 Å². The minimum absolute atomic E-state index is 0.0414. The lowest BCUT2D eigenvalue weighted by atomic mass is 10.4. The van der Waals surface area contributed by atoms with Gasteiger partial charge in [-0.3, -0.25) is 0 Å². The van der Waals surface area contributed by atoms with E-state index in [0.29, 0.717) is 26.4 Å². The Kier molecular flexibility index (Phi) is 29.0. The number of hydrogen-bond donors (Lipinski definition) is 4. The summed E-state index contributed by atoms with van der Waals surface area (Å²) >= 11 is 0. The summed E-state index contributed by atoms with van der Waals surface area (Å²) in [5, 5.41) is 35.8. The highest BCUT2D eigenvalue weighted by atomic mass is 16.6. The van der Waals surface area contributed by atoms with Crippen molar-refractivity contribution in [3.63, 3.8) is 0 Å². The molecule has 0 aliphatic rings. The Balaban J connectivity index is 4.40. The van der Waals surface area contributed by atoms with E-state index in [4.69, 9.17) is 67.8 Å². The molecule has 0 saturated heterocycles. The third kappa shape index (κ3) is 28.4. The molecule has 0 aliphatic carbocycles. The molecule has 2 atom stereocenters. The Morgan fingerprint density at radius 3 is 1.00 bits per heavy atom. The maximum absolute atomic E-state index is 9.15. The van der Waals surface area contributed by atoms with Crippen molar-refractivity contribution in [2.75, 3.05) is 119 Å². The average Bonchev–Trinajstić information content (AvgIpc) is 2.88. The van der Waals surface area contributed by atoms with Gasteiger partial charge in [-0.05, 0) is 13.8 Å². The highest BCUT2D eigenvalue weighted by Crippen LogP contribution is 2.01. The summed E-state index contributed by atoms with van der Waals surface area (Å²) in [4.78, 5) is 0. The summed E-state index contributed by atoms with van der Waals surface area (Å²) in [7, 11) is 0. The summed E-state index contributed by atoms with van der Waals surface area (Å²) in [6.45, 7) is 7.55. The predicted octanol–water partition coefficient (Wildman–Crippen LogP) is -1.45. The van der Waals surface area contributed by atoms with Crippen LogP contribution in [0.25, 0.3) is 0 Å². The highest BCUT2D eigenvalue weighted by molar-refractivity contribution is 4.59. The number of hydrogen-bond acceptors (Lipinski definition) is 14. The van der Waals surface area contributed by atoms with Gasteiger partial charge < -0.3 is 67.8 Å². The molecule has 0 amide bonds. The minimum atomic E-state index is -0.859. The predicted molar refractivity (Wildman–Crippen MR) is 134 cm³/mol. The topological polar surface area (TPSA) is 173 Å². The molecule has 0 aromatic rings. The first-order chi connectivity index (χ1) is 18.5. The second kappa shape index (κ2) is 29.4. The molecule has 14 heteroatoms. The Morgan fingerprint density at radius 1 is 0.395 bits per heavy atom. The van der Waals surface area contributed by atoms with Crippen LogP contribution in [0.4, 0.5) is 0 Å². The molecular weight excluding hydrogens is 512 g/mol. The van der Waals surface area contributed by atoms with E-state index in [0.717, 1.165) is 0 Å². The monoisotopic (exact) mass is 562 g/mol. The maximum atomic E-state index is 9.15. The molecular formula is C24H50O14. The van der Waals surface area contributed by atoms with Crippen LogP contribution in [0.3, 0.4) is 0 Å². The van der Waals surface area contributed by atoms with Crippen molar-refractivity contribution in [3.8, 4) is 0 Å². The molecule has 0 saturated carbocycles. The number of rotatable bonds is 31. The van der Waals surface area contributed by atoms with E-state index >= 15 is 0 Å². The zero-order chi connectivity index (χ0) is 28.1. The van der Waals surface area contributed by atoms with E-state index in [2.05, 4.69) is 0 Å². The second-order valence-electron chi connectivity index (χ2n) is 7.90. The SMILES string of the molecule is CC(O)OCCOCC(COCCOC(C)O)OCCOC(COCCOCCO)COCCOCCO. The van der Waals surface area contributed by atoms with Gasteiger partial charge in [0, 0.05) is 0 Å². The van der Waals surface area contributed by atoms with Gasteiger partial charge in [-0.15, -0.1) is 0 Å². The molecule has 38 heavy (non-hydrogen) atoms. The molecule has 0 heterocycles. The van der Waals surface area contributed by atoms with Crippen LogP contribution >= 0.6 is 0 Å². The van der Waals surface area contributed by atoms with Crippen LogP contribution in [0.15, 0.2) is 0 Å². The van der Waals surface area contributed by atoms with E-state index in [9.17, 15) is 0 Å². The molecule has 0 aromatic heterocycles. The van der Waals surface area contributed by atoms with Crippen LogP contribution in [-0.4, -0.2) is 164 Å². The van der Waals surface area contributed by atoms with E-state index in [1.807, 2.05) is 0 Å². The molecule has 2 unspecified atom stereocenters. The lowest BCUT2D eigenvalue weighted by Gasteiger charge is -2.21. The van der Waals surface area contributed by atoms with E-state index in [-0.39, 0.29) is 105 Å². The molecule has 0 aromatic carbocycles. The zero-order valence-corrected chi connectivity index (χ0v) is 22.9. The van der Waals surface area contributed by atoms with Crippen LogP contribution < -0.4 is 0 Å². The van der Waals surface area contributed by atoms with E-state index in [1.54, 1.807) is 0 Å². The van der Waals surface area contributed by atoms with Crippen LogP contribution in [0.5, 0.6) is 0 Å². The minimum Gasteiger partial charge on any atom is -0.394 e. The third-order valence-corrected chi connectivity index (χ3v) is 4.39. The lowest BCUT2D eigenvalue weighted by Crippen LogP contribution is -2.31. The summed E-state index contributed by atoms with van der Waals surface area (Å²) < 4.78 is 54.5. The molecule has 0 spiro atoms. The fraction of sp³-hybridized carbons (Fsp3) is 1.00. The molecule has 4 N–H and O–H groups in total. The lowest BCUT2D eigenvalue weighted by molar-refractivity contribution is -0.127. The van der Waals surface area contributed by atoms with Crippen LogP contribution in [0.1, 0.15) is 13.8 Å². The van der Waals surface area contributed by atoms with Crippen molar-refractivity contribution in [3.05, 3.63) is 0 Å². The summed E-state index contributed by atoms with van der Waals surface area (Å²) in [5.41, 5.74) is 0. The van der Waals surface area contributed by atoms with Crippen molar-refractivity contribution in [2.24, 2.45) is 0 Å². The highest BCUT2D eigenvalue weighted by Gasteiger charge is 2.14. The Labute approximate surface area is 225 Å². The molecule has 0 rings (SSSR count). The van der Waals surface area contributed by atoms with Crippen molar-refractivity contribution < 1.29 is 67.8 Å². The summed E-state index contributed by atoms with van der Waals surface area (Å²) in [6.07, 6.45) is -2.45. The van der Waals surface area contributed by atoms with Crippen molar-refractivity contribution in [1.29, 1.82) is 0 Å². The van der Waals surface area contributed by atoms with Gasteiger partial charge in [0.25, 0.3) is 0 Å². The van der Waals surface area contributed by atoms with Crippen LogP contribution in [0.2, 0.25) is 0 Å². The number of ether oxygens (including phenoxy) is 10. The largest absolute Gasteiger partial charge is 0.394 e. The average molecular weight is 563 g/mol.